The Morgan fingerprint density at radius 2 is 0.913 bits per heavy atom. The fourth-order valence-corrected chi connectivity index (χ4v) is 3.34. The van der Waals surface area contributed by atoms with Crippen molar-refractivity contribution in [3.8, 4) is 0 Å². The molecule has 0 aromatic rings. The summed E-state index contributed by atoms with van der Waals surface area (Å²) in [6.45, 7) is 4.40. The maximum absolute atomic E-state index is 8.90. The summed E-state index contributed by atoms with van der Waals surface area (Å²) in [5, 5.41) is 17.8. The summed E-state index contributed by atoms with van der Waals surface area (Å²) in [6.07, 6.45) is 21.5. The third kappa shape index (κ3) is 19.9. The van der Waals surface area contributed by atoms with E-state index in [4.69, 9.17) is 10.2 Å². The van der Waals surface area contributed by atoms with E-state index in [1.807, 2.05) is 0 Å². The van der Waals surface area contributed by atoms with Crippen LogP contribution in [0.3, 0.4) is 0 Å². The van der Waals surface area contributed by atoms with Gasteiger partial charge in [0.25, 0.3) is 0 Å². The molecule has 0 fully saturated rings. The standard InChI is InChI=1S/C21H44O2/c1-3-4-5-6-7-8-9-10-11-12-13-14-15-16-17-18-20(2)19-21(22)23/h20-23H,3-19H2,1-2H3. The second-order valence-electron chi connectivity index (χ2n) is 7.56. The van der Waals surface area contributed by atoms with Gasteiger partial charge in [0.15, 0.2) is 6.29 Å². The minimum atomic E-state index is -1.12. The zero-order valence-corrected chi connectivity index (χ0v) is 16.1. The first-order chi connectivity index (χ1) is 11.2. The largest absolute Gasteiger partial charge is 0.368 e. The van der Waals surface area contributed by atoms with Gasteiger partial charge in [-0.15, -0.1) is 0 Å². The Labute approximate surface area is 146 Å². The molecule has 140 valence electrons. The van der Waals surface area contributed by atoms with Crippen LogP contribution in [0.1, 0.15) is 123 Å². The van der Waals surface area contributed by atoms with Gasteiger partial charge in [-0.25, -0.2) is 0 Å². The fourth-order valence-electron chi connectivity index (χ4n) is 3.34. The van der Waals surface area contributed by atoms with Crippen LogP contribution in [0.4, 0.5) is 0 Å². The second kappa shape index (κ2) is 18.3. The summed E-state index contributed by atoms with van der Waals surface area (Å²) in [6, 6.07) is 0. The molecule has 0 aliphatic rings. The molecular weight excluding hydrogens is 284 g/mol. The van der Waals surface area contributed by atoms with E-state index in [2.05, 4.69) is 13.8 Å². The Hall–Kier alpha value is -0.0800. The third-order valence-electron chi connectivity index (χ3n) is 4.91. The molecule has 0 spiro atoms. The summed E-state index contributed by atoms with van der Waals surface area (Å²) >= 11 is 0. The topological polar surface area (TPSA) is 40.5 Å². The monoisotopic (exact) mass is 328 g/mol. The highest BCUT2D eigenvalue weighted by Gasteiger charge is 2.06. The number of hydrogen-bond donors (Lipinski definition) is 2. The molecule has 0 heterocycles. The average molecular weight is 329 g/mol. The highest BCUT2D eigenvalue weighted by molar-refractivity contribution is 4.55. The van der Waals surface area contributed by atoms with Crippen molar-refractivity contribution in [3.05, 3.63) is 0 Å². The minimum Gasteiger partial charge on any atom is -0.368 e. The van der Waals surface area contributed by atoms with E-state index in [1.54, 1.807) is 0 Å². The smallest absolute Gasteiger partial charge is 0.151 e. The zero-order chi connectivity index (χ0) is 17.2. The van der Waals surface area contributed by atoms with Crippen LogP contribution in [0, 0.1) is 5.92 Å². The summed E-state index contributed by atoms with van der Waals surface area (Å²) in [7, 11) is 0. The van der Waals surface area contributed by atoms with Gasteiger partial charge in [0.2, 0.25) is 0 Å². The van der Waals surface area contributed by atoms with E-state index in [0.717, 1.165) is 6.42 Å². The Kier molecular flexibility index (Phi) is 18.2. The highest BCUT2D eigenvalue weighted by atomic mass is 16.5. The summed E-state index contributed by atoms with van der Waals surface area (Å²) in [4.78, 5) is 0. The van der Waals surface area contributed by atoms with Crippen LogP contribution in [0.2, 0.25) is 0 Å². The molecule has 0 amide bonds. The van der Waals surface area contributed by atoms with E-state index in [1.165, 1.54) is 96.3 Å². The Morgan fingerprint density at radius 3 is 1.26 bits per heavy atom. The first-order valence-corrected chi connectivity index (χ1v) is 10.5. The van der Waals surface area contributed by atoms with Crippen LogP contribution in [-0.2, 0) is 0 Å². The lowest BCUT2D eigenvalue weighted by atomic mass is 9.98. The summed E-state index contributed by atoms with van der Waals surface area (Å²) < 4.78 is 0. The van der Waals surface area contributed by atoms with Crippen molar-refractivity contribution in [2.75, 3.05) is 0 Å². The molecule has 0 aromatic heterocycles. The van der Waals surface area contributed by atoms with Crippen LogP contribution in [0.25, 0.3) is 0 Å². The minimum absolute atomic E-state index is 0.442. The predicted octanol–water partition coefficient (Wildman–Crippen LogP) is 6.58. The van der Waals surface area contributed by atoms with Crippen molar-refractivity contribution in [3.63, 3.8) is 0 Å². The molecule has 0 aliphatic heterocycles. The molecule has 0 saturated carbocycles. The van der Waals surface area contributed by atoms with Crippen molar-refractivity contribution in [1.82, 2.24) is 0 Å². The molecule has 2 heteroatoms. The van der Waals surface area contributed by atoms with E-state index in [9.17, 15) is 0 Å². The SMILES string of the molecule is CCCCCCCCCCCCCCCCCC(C)CC(O)O. The third-order valence-corrected chi connectivity index (χ3v) is 4.91. The summed E-state index contributed by atoms with van der Waals surface area (Å²) in [5.41, 5.74) is 0. The van der Waals surface area contributed by atoms with Crippen LogP contribution in [0.15, 0.2) is 0 Å². The first-order valence-electron chi connectivity index (χ1n) is 10.5. The number of aliphatic hydroxyl groups is 2. The molecule has 0 radical (unpaired) electrons. The van der Waals surface area contributed by atoms with E-state index < -0.39 is 6.29 Å². The van der Waals surface area contributed by atoms with Crippen LogP contribution >= 0.6 is 0 Å². The number of rotatable bonds is 18. The molecule has 0 saturated heterocycles. The lowest BCUT2D eigenvalue weighted by Crippen LogP contribution is -2.10. The molecule has 0 aliphatic carbocycles. The van der Waals surface area contributed by atoms with E-state index in [0.29, 0.717) is 12.3 Å². The molecule has 1 atom stereocenters. The quantitative estimate of drug-likeness (QED) is 0.220. The van der Waals surface area contributed by atoms with Gasteiger partial charge in [-0.3, -0.25) is 0 Å². The van der Waals surface area contributed by atoms with Crippen LogP contribution < -0.4 is 0 Å². The van der Waals surface area contributed by atoms with E-state index in [-0.39, 0.29) is 0 Å². The Morgan fingerprint density at radius 1 is 0.565 bits per heavy atom. The van der Waals surface area contributed by atoms with Crippen molar-refractivity contribution >= 4 is 0 Å². The summed E-state index contributed by atoms with van der Waals surface area (Å²) in [5.74, 6) is 0.442. The lowest BCUT2D eigenvalue weighted by molar-refractivity contribution is -0.0551. The van der Waals surface area contributed by atoms with Crippen molar-refractivity contribution in [1.29, 1.82) is 0 Å². The van der Waals surface area contributed by atoms with E-state index >= 15 is 0 Å². The molecule has 0 rings (SSSR count). The predicted molar refractivity (Wildman–Crippen MR) is 102 cm³/mol. The normalized spacial score (nSPS) is 12.9. The van der Waals surface area contributed by atoms with Crippen molar-refractivity contribution in [2.45, 2.75) is 129 Å². The Bertz CT molecular complexity index is 216. The van der Waals surface area contributed by atoms with Gasteiger partial charge >= 0.3 is 0 Å². The average Bonchev–Trinajstić information content (AvgIpc) is 2.50. The first kappa shape index (κ1) is 22.9. The molecule has 0 bridgehead atoms. The van der Waals surface area contributed by atoms with Crippen molar-refractivity contribution in [2.24, 2.45) is 5.92 Å². The maximum atomic E-state index is 8.90. The van der Waals surface area contributed by atoms with Gasteiger partial charge in [0.05, 0.1) is 0 Å². The molecule has 23 heavy (non-hydrogen) atoms. The second-order valence-corrected chi connectivity index (χ2v) is 7.56. The fraction of sp³-hybridized carbons (Fsp3) is 1.00. The van der Waals surface area contributed by atoms with Gasteiger partial charge in [-0.2, -0.15) is 0 Å². The van der Waals surface area contributed by atoms with Gasteiger partial charge in [0, 0.05) is 6.42 Å². The molecule has 2 nitrogen and oxygen atoms in total. The molecule has 1 unspecified atom stereocenters. The van der Waals surface area contributed by atoms with Gasteiger partial charge in [-0.1, -0.05) is 117 Å². The van der Waals surface area contributed by atoms with Crippen molar-refractivity contribution < 1.29 is 10.2 Å². The maximum Gasteiger partial charge on any atom is 0.151 e. The molecule has 2 N–H and O–H groups in total. The Balaban J connectivity index is 3.05. The van der Waals surface area contributed by atoms with Crippen LogP contribution in [-0.4, -0.2) is 16.5 Å². The zero-order valence-electron chi connectivity index (χ0n) is 16.1. The number of unbranched alkanes of at least 4 members (excludes halogenated alkanes) is 14. The number of hydrogen-bond acceptors (Lipinski definition) is 2. The highest BCUT2D eigenvalue weighted by Crippen LogP contribution is 2.17. The molecule has 0 aromatic carbocycles. The van der Waals surface area contributed by atoms with Gasteiger partial charge in [0.1, 0.15) is 0 Å². The molecular formula is C21H44O2. The lowest BCUT2D eigenvalue weighted by Gasteiger charge is -2.12. The number of aliphatic hydroxyl groups excluding tert-OH is 1. The van der Waals surface area contributed by atoms with Crippen LogP contribution in [0.5, 0.6) is 0 Å². The van der Waals surface area contributed by atoms with Gasteiger partial charge < -0.3 is 10.2 Å². The van der Waals surface area contributed by atoms with Gasteiger partial charge in [-0.05, 0) is 5.92 Å².